The van der Waals surface area contributed by atoms with E-state index in [4.69, 9.17) is 15.3 Å². The molecule has 1 unspecified atom stereocenters. The molecule has 4 nitrogen and oxygen atoms in total. The minimum atomic E-state index is 0.0914. The summed E-state index contributed by atoms with van der Waals surface area (Å²) in [5.74, 6) is 6.86. The van der Waals surface area contributed by atoms with E-state index in [0.717, 1.165) is 11.3 Å². The van der Waals surface area contributed by atoms with E-state index in [2.05, 4.69) is 19.3 Å². The van der Waals surface area contributed by atoms with Gasteiger partial charge in [-0.05, 0) is 12.0 Å². The van der Waals surface area contributed by atoms with Crippen molar-refractivity contribution >= 4 is 0 Å². The van der Waals surface area contributed by atoms with Crippen LogP contribution in [0.1, 0.15) is 25.5 Å². The number of nitrogens with two attached hydrogens (primary N) is 1. The quantitative estimate of drug-likeness (QED) is 0.432. The predicted molar refractivity (Wildman–Crippen MR) is 68.7 cm³/mol. The van der Waals surface area contributed by atoms with Crippen LogP contribution in [0.15, 0.2) is 24.3 Å². The number of benzene rings is 1. The van der Waals surface area contributed by atoms with Crippen LogP contribution in [0, 0.1) is 5.92 Å². The molecule has 0 fully saturated rings. The summed E-state index contributed by atoms with van der Waals surface area (Å²) in [4.78, 5) is 0. The number of hydrogen-bond donors (Lipinski definition) is 2. The third-order valence-corrected chi connectivity index (χ3v) is 2.65. The van der Waals surface area contributed by atoms with Gasteiger partial charge in [0.05, 0.1) is 12.6 Å². The molecule has 0 radical (unpaired) electrons. The Bertz CT molecular complexity index is 329. The molecular weight excluding hydrogens is 216 g/mol. The highest BCUT2D eigenvalue weighted by atomic mass is 16.5. The van der Waals surface area contributed by atoms with Gasteiger partial charge in [0.25, 0.3) is 0 Å². The maximum Gasteiger partial charge on any atom is 0.124 e. The molecule has 0 aliphatic rings. The van der Waals surface area contributed by atoms with E-state index >= 15 is 0 Å². The number of nitrogens with one attached hydrogen (secondary N) is 1. The molecule has 0 bridgehead atoms. The van der Waals surface area contributed by atoms with Crippen molar-refractivity contribution in [1.29, 1.82) is 0 Å². The van der Waals surface area contributed by atoms with Gasteiger partial charge in [0, 0.05) is 12.7 Å². The van der Waals surface area contributed by atoms with E-state index in [1.165, 1.54) is 0 Å². The Labute approximate surface area is 103 Å². The van der Waals surface area contributed by atoms with Crippen molar-refractivity contribution in [2.75, 3.05) is 20.3 Å². The molecule has 1 aromatic carbocycles. The average Bonchev–Trinajstić information content (AvgIpc) is 2.32. The molecule has 0 spiro atoms. The molecular formula is C13H22N2O2. The lowest BCUT2D eigenvalue weighted by Gasteiger charge is -2.22. The van der Waals surface area contributed by atoms with E-state index in [0.29, 0.717) is 19.1 Å². The molecule has 17 heavy (non-hydrogen) atoms. The van der Waals surface area contributed by atoms with E-state index in [-0.39, 0.29) is 6.04 Å². The first-order valence-corrected chi connectivity index (χ1v) is 5.87. The van der Waals surface area contributed by atoms with Crippen LogP contribution in [0.5, 0.6) is 5.75 Å². The fourth-order valence-corrected chi connectivity index (χ4v) is 1.75. The fourth-order valence-electron chi connectivity index (χ4n) is 1.75. The van der Waals surface area contributed by atoms with Gasteiger partial charge in [0.15, 0.2) is 0 Å². The Hall–Kier alpha value is -1.10. The molecule has 0 heterocycles. The van der Waals surface area contributed by atoms with Crippen LogP contribution in [0.2, 0.25) is 0 Å². The van der Waals surface area contributed by atoms with Crippen LogP contribution in [0.25, 0.3) is 0 Å². The summed E-state index contributed by atoms with van der Waals surface area (Å²) in [6, 6.07) is 8.03. The number of hydrazine groups is 1. The summed E-state index contributed by atoms with van der Waals surface area (Å²) < 4.78 is 10.7. The van der Waals surface area contributed by atoms with Crippen LogP contribution >= 0.6 is 0 Å². The molecule has 96 valence electrons. The standard InChI is InChI=1S/C13H22N2O2/c1-10(2)13(15-14)11-6-4-5-7-12(11)17-9-8-16-3/h4-7,10,13,15H,8-9,14H2,1-3H3. The minimum Gasteiger partial charge on any atom is -0.491 e. The Balaban J connectivity index is 2.82. The number of methoxy groups -OCH3 is 1. The van der Waals surface area contributed by atoms with Crippen molar-refractivity contribution in [2.45, 2.75) is 19.9 Å². The van der Waals surface area contributed by atoms with Crippen LogP contribution in [-0.4, -0.2) is 20.3 Å². The number of para-hydroxylation sites is 1. The van der Waals surface area contributed by atoms with Gasteiger partial charge in [-0.15, -0.1) is 0 Å². The number of hydrogen-bond acceptors (Lipinski definition) is 4. The van der Waals surface area contributed by atoms with Crippen molar-refractivity contribution in [3.05, 3.63) is 29.8 Å². The zero-order valence-electron chi connectivity index (χ0n) is 10.8. The molecule has 1 rings (SSSR count). The molecule has 0 aromatic heterocycles. The van der Waals surface area contributed by atoms with Gasteiger partial charge < -0.3 is 9.47 Å². The minimum absolute atomic E-state index is 0.0914. The summed E-state index contributed by atoms with van der Waals surface area (Å²) in [5.41, 5.74) is 3.92. The maximum atomic E-state index is 5.69. The van der Waals surface area contributed by atoms with Crippen LogP contribution < -0.4 is 16.0 Å². The Morgan fingerprint density at radius 2 is 1.94 bits per heavy atom. The second-order valence-electron chi connectivity index (χ2n) is 4.27. The van der Waals surface area contributed by atoms with Gasteiger partial charge in [-0.25, -0.2) is 0 Å². The largest absolute Gasteiger partial charge is 0.491 e. The molecule has 0 saturated carbocycles. The van der Waals surface area contributed by atoms with Gasteiger partial charge in [-0.3, -0.25) is 11.3 Å². The second kappa shape index (κ2) is 7.27. The second-order valence-corrected chi connectivity index (χ2v) is 4.27. The molecule has 0 amide bonds. The van der Waals surface area contributed by atoms with Crippen LogP contribution in [0.4, 0.5) is 0 Å². The van der Waals surface area contributed by atoms with Gasteiger partial charge in [0.2, 0.25) is 0 Å². The first kappa shape index (κ1) is 14.0. The first-order valence-electron chi connectivity index (χ1n) is 5.87. The van der Waals surface area contributed by atoms with Crippen LogP contribution in [-0.2, 0) is 4.74 Å². The summed E-state index contributed by atoms with van der Waals surface area (Å²) in [6.45, 7) is 5.37. The lowest BCUT2D eigenvalue weighted by atomic mass is 9.96. The van der Waals surface area contributed by atoms with Crippen LogP contribution in [0.3, 0.4) is 0 Å². The Morgan fingerprint density at radius 1 is 1.24 bits per heavy atom. The molecule has 4 heteroatoms. The van der Waals surface area contributed by atoms with Crippen molar-refractivity contribution in [3.8, 4) is 5.75 Å². The van der Waals surface area contributed by atoms with Gasteiger partial charge in [0.1, 0.15) is 12.4 Å². The molecule has 1 aromatic rings. The molecule has 3 N–H and O–H groups in total. The lowest BCUT2D eigenvalue weighted by Crippen LogP contribution is -2.32. The SMILES string of the molecule is COCCOc1ccccc1C(NN)C(C)C. The van der Waals surface area contributed by atoms with Gasteiger partial charge in [-0.2, -0.15) is 0 Å². The van der Waals surface area contributed by atoms with Crippen molar-refractivity contribution in [3.63, 3.8) is 0 Å². The fraction of sp³-hybridized carbons (Fsp3) is 0.538. The van der Waals surface area contributed by atoms with Gasteiger partial charge >= 0.3 is 0 Å². The lowest BCUT2D eigenvalue weighted by molar-refractivity contribution is 0.145. The zero-order chi connectivity index (χ0) is 12.7. The Kier molecular flexibility index (Phi) is 5.97. The highest BCUT2D eigenvalue weighted by molar-refractivity contribution is 5.36. The third-order valence-electron chi connectivity index (χ3n) is 2.65. The highest BCUT2D eigenvalue weighted by Crippen LogP contribution is 2.29. The van der Waals surface area contributed by atoms with E-state index in [9.17, 15) is 0 Å². The van der Waals surface area contributed by atoms with E-state index in [1.807, 2.05) is 24.3 Å². The summed E-state index contributed by atoms with van der Waals surface area (Å²) in [6.07, 6.45) is 0. The maximum absolute atomic E-state index is 5.69. The van der Waals surface area contributed by atoms with Crippen molar-refractivity contribution in [1.82, 2.24) is 5.43 Å². The number of ether oxygens (including phenoxy) is 2. The van der Waals surface area contributed by atoms with Crippen molar-refractivity contribution in [2.24, 2.45) is 11.8 Å². The normalized spacial score (nSPS) is 12.8. The zero-order valence-corrected chi connectivity index (χ0v) is 10.8. The molecule has 0 aliphatic heterocycles. The van der Waals surface area contributed by atoms with Crippen molar-refractivity contribution < 1.29 is 9.47 Å². The predicted octanol–water partition coefficient (Wildman–Crippen LogP) is 1.87. The number of rotatable bonds is 7. The molecule has 1 atom stereocenters. The average molecular weight is 238 g/mol. The monoisotopic (exact) mass is 238 g/mol. The summed E-state index contributed by atoms with van der Waals surface area (Å²) >= 11 is 0. The Morgan fingerprint density at radius 3 is 2.53 bits per heavy atom. The first-order chi connectivity index (χ1) is 8.20. The third kappa shape index (κ3) is 4.00. The smallest absolute Gasteiger partial charge is 0.124 e. The summed E-state index contributed by atoms with van der Waals surface area (Å²) in [7, 11) is 1.66. The highest BCUT2D eigenvalue weighted by Gasteiger charge is 2.17. The summed E-state index contributed by atoms with van der Waals surface area (Å²) in [5, 5.41) is 0. The molecule has 0 aliphatic carbocycles. The van der Waals surface area contributed by atoms with Gasteiger partial charge in [-0.1, -0.05) is 32.0 Å². The molecule has 0 saturated heterocycles. The van der Waals surface area contributed by atoms with E-state index in [1.54, 1.807) is 7.11 Å². The topological polar surface area (TPSA) is 56.5 Å². The van der Waals surface area contributed by atoms with E-state index < -0.39 is 0 Å².